The largest absolute Gasteiger partial charge is 0.328 e. The summed E-state index contributed by atoms with van der Waals surface area (Å²) in [6.45, 7) is 14.0. The van der Waals surface area contributed by atoms with E-state index in [1.165, 1.54) is 154 Å². The first-order valence-corrected chi connectivity index (χ1v) is 29.3. The van der Waals surface area contributed by atoms with Gasteiger partial charge in [-0.05, 0) is 251 Å². The zero-order valence-corrected chi connectivity index (χ0v) is 45.0. The summed E-state index contributed by atoms with van der Waals surface area (Å²) in [5.41, 5.74) is 59.2. The van der Waals surface area contributed by atoms with Gasteiger partial charge in [-0.1, -0.05) is 48.0 Å². The lowest BCUT2D eigenvalue weighted by atomic mass is 9.66. The third kappa shape index (κ3) is 22.1. The van der Waals surface area contributed by atoms with Crippen LogP contribution in [0.2, 0.25) is 0 Å². The standard InChI is InChI=1S/C17H34N2.C15H30N2.C13H26N2.2C6H14N2/c1-10-5-14(6-11(2)16(10)18)9-15-7-12(3)17(19)13(4)8-15;1-10-7-12(3-5-14(10)16)9-13-4-6-15(17)11(2)8-13;14-12-5-1-10(2-6-12)9-11-3-7-13(15)8-4-11;7-5-1-2-6(8)4-3-5;7-5-2-1-3-6(8)4-5/h10-17H,5-9,18-19H2,1-4H3;10-15H,3-9,16-17H2,1-2H3;10-13H,1-9,14-15H2;2*5-6H,1-4,7-8H2. The smallest absolute Gasteiger partial charge is 0.00905 e. The third-order valence-corrected chi connectivity index (χ3v) is 19.5. The molecule has 0 radical (unpaired) electrons. The predicted octanol–water partition coefficient (Wildman–Crippen LogP) is 9.14. The Morgan fingerprint density at radius 3 is 0.776 bits per heavy atom. The van der Waals surface area contributed by atoms with Gasteiger partial charge in [-0.3, -0.25) is 0 Å². The van der Waals surface area contributed by atoms with Crippen LogP contribution in [0.15, 0.2) is 0 Å². The molecular formula is C57H118N10. The molecule has 0 aliphatic heterocycles. The molecule has 8 aliphatic carbocycles. The van der Waals surface area contributed by atoms with E-state index in [1.54, 1.807) is 0 Å². The van der Waals surface area contributed by atoms with Gasteiger partial charge in [0.05, 0.1) is 0 Å². The van der Waals surface area contributed by atoms with Crippen LogP contribution in [0.1, 0.15) is 228 Å². The maximum absolute atomic E-state index is 6.26. The Kier molecular flexibility index (Phi) is 27.0. The van der Waals surface area contributed by atoms with Crippen molar-refractivity contribution in [3.63, 3.8) is 0 Å². The summed E-state index contributed by atoms with van der Waals surface area (Å²) in [4.78, 5) is 0. The molecule has 8 saturated carbocycles. The molecule has 12 unspecified atom stereocenters. The highest BCUT2D eigenvalue weighted by Crippen LogP contribution is 2.42. The van der Waals surface area contributed by atoms with E-state index in [-0.39, 0.29) is 0 Å². The van der Waals surface area contributed by atoms with Crippen LogP contribution < -0.4 is 57.3 Å². The molecule has 10 nitrogen and oxygen atoms in total. The van der Waals surface area contributed by atoms with Crippen molar-refractivity contribution >= 4 is 0 Å². The van der Waals surface area contributed by atoms with E-state index in [9.17, 15) is 0 Å². The van der Waals surface area contributed by atoms with E-state index in [0.717, 1.165) is 79.4 Å². The minimum atomic E-state index is 0.388. The number of hydrogen-bond acceptors (Lipinski definition) is 10. The summed E-state index contributed by atoms with van der Waals surface area (Å²) in [6, 6.07) is 4.43. The van der Waals surface area contributed by atoms with Crippen molar-refractivity contribution < 1.29 is 0 Å². The molecule has 8 rings (SSSR count). The number of nitrogens with two attached hydrogens (primary N) is 10. The molecule has 12 atom stereocenters. The van der Waals surface area contributed by atoms with Gasteiger partial charge >= 0.3 is 0 Å². The van der Waals surface area contributed by atoms with Crippen molar-refractivity contribution in [1.82, 2.24) is 0 Å². The highest BCUT2D eigenvalue weighted by Gasteiger charge is 2.36. The van der Waals surface area contributed by atoms with E-state index in [0.29, 0.717) is 84.1 Å². The monoisotopic (exact) mass is 943 g/mol. The van der Waals surface area contributed by atoms with Gasteiger partial charge < -0.3 is 57.3 Å². The van der Waals surface area contributed by atoms with Gasteiger partial charge in [0.15, 0.2) is 0 Å². The average Bonchev–Trinajstić information content (AvgIpc) is 3.28. The van der Waals surface area contributed by atoms with Gasteiger partial charge in [-0.15, -0.1) is 0 Å². The molecule has 10 heteroatoms. The summed E-state index contributed by atoms with van der Waals surface area (Å²) in [6.07, 6.45) is 37.3. The highest BCUT2D eigenvalue weighted by molar-refractivity contribution is 4.90. The Morgan fingerprint density at radius 2 is 0.493 bits per heavy atom. The van der Waals surface area contributed by atoms with Gasteiger partial charge in [-0.25, -0.2) is 0 Å². The maximum Gasteiger partial charge on any atom is 0.00905 e. The van der Waals surface area contributed by atoms with Gasteiger partial charge in [0, 0.05) is 60.4 Å². The summed E-state index contributed by atoms with van der Waals surface area (Å²) in [5.74, 6) is 9.93. The van der Waals surface area contributed by atoms with Crippen molar-refractivity contribution in [2.75, 3.05) is 0 Å². The van der Waals surface area contributed by atoms with Gasteiger partial charge in [0.25, 0.3) is 0 Å². The fourth-order valence-electron chi connectivity index (χ4n) is 14.6. The lowest BCUT2D eigenvalue weighted by Gasteiger charge is -2.42. The Balaban J connectivity index is 0.000000190. The van der Waals surface area contributed by atoms with Crippen molar-refractivity contribution in [3.8, 4) is 0 Å². The molecule has 0 aromatic carbocycles. The number of hydrogen-bond donors (Lipinski definition) is 10. The van der Waals surface area contributed by atoms with E-state index in [2.05, 4.69) is 41.5 Å². The molecule has 20 N–H and O–H groups in total. The highest BCUT2D eigenvalue weighted by atomic mass is 14.7. The molecular weight excluding hydrogens is 825 g/mol. The van der Waals surface area contributed by atoms with E-state index < -0.39 is 0 Å². The minimum Gasteiger partial charge on any atom is -0.328 e. The number of rotatable bonds is 6. The molecule has 8 aliphatic rings. The molecule has 0 aromatic rings. The molecule has 0 saturated heterocycles. The molecule has 0 amide bonds. The minimum absolute atomic E-state index is 0.388. The van der Waals surface area contributed by atoms with E-state index in [1.807, 2.05) is 0 Å². The maximum atomic E-state index is 6.26. The molecule has 0 heterocycles. The summed E-state index contributed by atoms with van der Waals surface area (Å²) in [7, 11) is 0. The van der Waals surface area contributed by atoms with Crippen LogP contribution in [0.4, 0.5) is 0 Å². The van der Waals surface area contributed by atoms with Crippen molar-refractivity contribution in [2.45, 2.75) is 288 Å². The molecule has 396 valence electrons. The zero-order valence-electron chi connectivity index (χ0n) is 45.0. The SMILES string of the molecule is CC1CC(CC2CC(C)C(N)C(C)C2)CC(C)C1N.CC1CC(CC2CCC(N)C(C)C2)CCC1N.NC1CCC(CC2CCC(N)CC2)CC1.NC1CCC(N)CC1.NC1CCCC(N)C1. The van der Waals surface area contributed by atoms with Gasteiger partial charge in [0.2, 0.25) is 0 Å². The Bertz CT molecular complexity index is 1150. The third-order valence-electron chi connectivity index (χ3n) is 19.5. The van der Waals surface area contributed by atoms with Crippen LogP contribution in [0.3, 0.4) is 0 Å². The van der Waals surface area contributed by atoms with Crippen molar-refractivity contribution in [1.29, 1.82) is 0 Å². The average molecular weight is 944 g/mol. The fraction of sp³-hybridized carbons (Fsp3) is 1.00. The summed E-state index contributed by atoms with van der Waals surface area (Å²) >= 11 is 0. The Morgan fingerprint density at radius 1 is 0.239 bits per heavy atom. The van der Waals surface area contributed by atoms with Crippen LogP contribution in [-0.4, -0.2) is 60.4 Å². The molecule has 8 fully saturated rings. The normalized spacial score (nSPS) is 46.0. The lowest BCUT2D eigenvalue weighted by Crippen LogP contribution is -2.43. The molecule has 67 heavy (non-hydrogen) atoms. The zero-order chi connectivity index (χ0) is 49.2. The van der Waals surface area contributed by atoms with Crippen molar-refractivity contribution in [3.05, 3.63) is 0 Å². The van der Waals surface area contributed by atoms with Crippen molar-refractivity contribution in [2.24, 2.45) is 128 Å². The second-order valence-electron chi connectivity index (χ2n) is 26.0. The second kappa shape index (κ2) is 30.6. The topological polar surface area (TPSA) is 260 Å². The van der Waals surface area contributed by atoms with Crippen LogP contribution in [-0.2, 0) is 0 Å². The predicted molar refractivity (Wildman–Crippen MR) is 290 cm³/mol. The van der Waals surface area contributed by atoms with Gasteiger partial charge in [0.1, 0.15) is 0 Å². The summed E-state index contributed by atoms with van der Waals surface area (Å²) < 4.78 is 0. The van der Waals surface area contributed by atoms with E-state index >= 15 is 0 Å². The molecule has 0 bridgehead atoms. The van der Waals surface area contributed by atoms with Crippen LogP contribution in [0.25, 0.3) is 0 Å². The Labute approximate surface area is 415 Å². The fourth-order valence-corrected chi connectivity index (χ4v) is 14.6. The summed E-state index contributed by atoms with van der Waals surface area (Å²) in [5, 5.41) is 0. The van der Waals surface area contributed by atoms with Crippen LogP contribution >= 0.6 is 0 Å². The first kappa shape index (κ1) is 59.2. The van der Waals surface area contributed by atoms with Crippen LogP contribution in [0, 0.1) is 71.0 Å². The molecule has 0 aromatic heterocycles. The molecule has 0 spiro atoms. The second-order valence-corrected chi connectivity index (χ2v) is 26.0. The first-order valence-electron chi connectivity index (χ1n) is 29.3. The lowest BCUT2D eigenvalue weighted by molar-refractivity contribution is 0.118. The Hall–Kier alpha value is -0.400. The van der Waals surface area contributed by atoms with E-state index in [4.69, 9.17) is 57.3 Å². The quantitative estimate of drug-likeness (QED) is 0.121. The first-order chi connectivity index (χ1) is 31.8. The van der Waals surface area contributed by atoms with Crippen LogP contribution in [0.5, 0.6) is 0 Å². The van der Waals surface area contributed by atoms with Gasteiger partial charge in [-0.2, -0.15) is 0 Å².